The molecule has 3 atom stereocenters. The molecule has 2 aliphatic heterocycles. The molecule has 0 spiro atoms. The monoisotopic (exact) mass is 279 g/mol. The van der Waals surface area contributed by atoms with Gasteiger partial charge in [0, 0.05) is 0 Å². The molecule has 8 heteroatoms. The Labute approximate surface area is 113 Å². The molecule has 0 radical (unpaired) electrons. The zero-order valence-electron chi connectivity index (χ0n) is 10.3. The first-order valence-corrected chi connectivity index (χ1v) is 6.05. The number of aliphatic carboxylic acids is 1. The third-order valence-corrected chi connectivity index (χ3v) is 3.37. The summed E-state index contributed by atoms with van der Waals surface area (Å²) in [6.07, 6.45) is -1.18. The first kappa shape index (κ1) is 12.9. The van der Waals surface area contributed by atoms with Gasteiger partial charge in [0.1, 0.15) is 17.9 Å². The molecule has 1 aromatic carbocycles. The number of fused-ring (bicyclic) bond motifs is 1. The van der Waals surface area contributed by atoms with E-state index in [-0.39, 0.29) is 12.5 Å². The summed E-state index contributed by atoms with van der Waals surface area (Å²) in [5.41, 5.74) is 6.35. The highest BCUT2D eigenvalue weighted by Crippen LogP contribution is 2.34. The fourth-order valence-electron chi connectivity index (χ4n) is 2.40. The normalized spacial score (nSPS) is 28.4. The van der Waals surface area contributed by atoms with Crippen LogP contribution in [0.15, 0.2) is 18.2 Å². The van der Waals surface area contributed by atoms with Crippen LogP contribution in [0.1, 0.15) is 11.6 Å². The lowest BCUT2D eigenvalue weighted by atomic mass is 9.93. The fourth-order valence-corrected chi connectivity index (χ4v) is 2.40. The van der Waals surface area contributed by atoms with E-state index in [1.807, 2.05) is 0 Å². The Morgan fingerprint density at radius 2 is 2.15 bits per heavy atom. The first-order valence-electron chi connectivity index (χ1n) is 6.05. The number of aliphatic hydroxyl groups is 1. The molecule has 2 aliphatic rings. The van der Waals surface area contributed by atoms with Crippen LogP contribution < -0.4 is 20.9 Å². The second-order valence-corrected chi connectivity index (χ2v) is 4.67. The second kappa shape index (κ2) is 4.75. The number of nitrogens with one attached hydrogen (secondary N) is 3. The Balaban J connectivity index is 1.93. The Morgan fingerprint density at radius 3 is 2.90 bits per heavy atom. The van der Waals surface area contributed by atoms with E-state index in [1.165, 1.54) is 0 Å². The average Bonchev–Trinajstić information content (AvgIpc) is 2.80. The number of ether oxygens (including phenoxy) is 1. The van der Waals surface area contributed by atoms with E-state index in [2.05, 4.69) is 16.2 Å². The molecule has 20 heavy (non-hydrogen) atoms. The molecule has 1 fully saturated rings. The maximum absolute atomic E-state index is 11.3. The number of rotatable bonds is 2. The highest BCUT2D eigenvalue weighted by Gasteiger charge is 2.41. The van der Waals surface area contributed by atoms with Crippen molar-refractivity contribution < 1.29 is 24.5 Å². The highest BCUT2D eigenvalue weighted by molar-refractivity contribution is 5.95. The molecular weight excluding hydrogens is 266 g/mol. The number of carboxylic acid groups (broad SMARTS) is 1. The largest absolute Gasteiger partial charge is 0.482 e. The van der Waals surface area contributed by atoms with E-state index in [0.717, 1.165) is 0 Å². The Hall–Kier alpha value is -2.16. The van der Waals surface area contributed by atoms with E-state index >= 15 is 0 Å². The third-order valence-electron chi connectivity index (χ3n) is 3.37. The Morgan fingerprint density at radius 1 is 1.35 bits per heavy atom. The molecule has 8 nitrogen and oxygen atoms in total. The van der Waals surface area contributed by atoms with Crippen molar-refractivity contribution >= 4 is 17.6 Å². The van der Waals surface area contributed by atoms with Gasteiger partial charge in [-0.2, -0.15) is 0 Å². The van der Waals surface area contributed by atoms with Crippen LogP contribution >= 0.6 is 0 Å². The predicted molar refractivity (Wildman–Crippen MR) is 66.7 cm³/mol. The summed E-state index contributed by atoms with van der Waals surface area (Å²) in [5.74, 6) is -1.86. The third kappa shape index (κ3) is 2.09. The smallest absolute Gasteiger partial charge is 0.312 e. The quantitative estimate of drug-likeness (QED) is 0.480. The van der Waals surface area contributed by atoms with Crippen LogP contribution in [-0.2, 0) is 9.59 Å². The number of hydrazine groups is 1. The van der Waals surface area contributed by atoms with E-state index in [4.69, 9.17) is 9.84 Å². The number of hydrogen-bond donors (Lipinski definition) is 5. The van der Waals surface area contributed by atoms with Crippen molar-refractivity contribution in [1.82, 2.24) is 10.9 Å². The van der Waals surface area contributed by atoms with Crippen LogP contribution in [0.3, 0.4) is 0 Å². The summed E-state index contributed by atoms with van der Waals surface area (Å²) < 4.78 is 5.23. The fraction of sp³-hybridized carbons (Fsp3) is 0.333. The lowest BCUT2D eigenvalue weighted by molar-refractivity contribution is -0.145. The van der Waals surface area contributed by atoms with E-state index in [9.17, 15) is 14.7 Å². The lowest BCUT2D eigenvalue weighted by Crippen LogP contribution is -2.33. The number of carbonyl (C=O) groups is 2. The maximum atomic E-state index is 11.3. The van der Waals surface area contributed by atoms with Gasteiger partial charge in [-0.05, 0) is 17.7 Å². The standard InChI is InChI=1S/C12H13N3O5/c16-8-4-20-7-2-1-5(3-6(7)13-8)10-9(12(18)19)11(17)15-14-10/h1-3,9-11,14-15,17H,4H2,(H,13,16)(H,18,19). The first-order chi connectivity index (χ1) is 9.56. The van der Waals surface area contributed by atoms with Gasteiger partial charge in [0.25, 0.3) is 5.91 Å². The van der Waals surface area contributed by atoms with Crippen LogP contribution in [-0.4, -0.2) is 34.9 Å². The molecule has 5 N–H and O–H groups in total. The van der Waals surface area contributed by atoms with Gasteiger partial charge >= 0.3 is 5.97 Å². The maximum Gasteiger partial charge on any atom is 0.312 e. The number of aliphatic hydroxyl groups excluding tert-OH is 1. The molecule has 1 saturated heterocycles. The van der Waals surface area contributed by atoms with Crippen molar-refractivity contribution in [3.8, 4) is 5.75 Å². The average molecular weight is 279 g/mol. The van der Waals surface area contributed by atoms with Crippen molar-refractivity contribution in [3.05, 3.63) is 23.8 Å². The van der Waals surface area contributed by atoms with Gasteiger partial charge in [0.2, 0.25) is 0 Å². The molecule has 0 aromatic heterocycles. The number of amides is 1. The zero-order chi connectivity index (χ0) is 14.3. The SMILES string of the molecule is O=C1COc2ccc(C3NNC(O)C3C(=O)O)cc2N1. The zero-order valence-corrected chi connectivity index (χ0v) is 10.3. The number of benzene rings is 1. The summed E-state index contributed by atoms with van der Waals surface area (Å²) in [6.45, 7) is -0.0357. The Kier molecular flexibility index (Phi) is 3.05. The lowest BCUT2D eigenvalue weighted by Gasteiger charge is -2.21. The van der Waals surface area contributed by atoms with Crippen molar-refractivity contribution in [3.63, 3.8) is 0 Å². The van der Waals surface area contributed by atoms with Gasteiger partial charge in [0.15, 0.2) is 6.61 Å². The number of carboxylic acids is 1. The van der Waals surface area contributed by atoms with Crippen molar-refractivity contribution in [2.75, 3.05) is 11.9 Å². The van der Waals surface area contributed by atoms with Crippen molar-refractivity contribution in [1.29, 1.82) is 0 Å². The summed E-state index contributed by atoms with van der Waals surface area (Å²) in [7, 11) is 0. The summed E-state index contributed by atoms with van der Waals surface area (Å²) >= 11 is 0. The molecule has 3 unspecified atom stereocenters. The molecular formula is C12H13N3O5. The number of anilines is 1. The summed E-state index contributed by atoms with van der Waals surface area (Å²) in [6, 6.07) is 4.39. The molecule has 0 bridgehead atoms. The van der Waals surface area contributed by atoms with Gasteiger partial charge in [-0.1, -0.05) is 6.07 Å². The van der Waals surface area contributed by atoms with Crippen molar-refractivity contribution in [2.24, 2.45) is 5.92 Å². The van der Waals surface area contributed by atoms with Gasteiger partial charge in [-0.3, -0.25) is 9.59 Å². The number of hydrogen-bond acceptors (Lipinski definition) is 6. The minimum Gasteiger partial charge on any atom is -0.482 e. The molecule has 3 rings (SSSR count). The van der Waals surface area contributed by atoms with Gasteiger partial charge in [0.05, 0.1) is 11.7 Å². The van der Waals surface area contributed by atoms with Crippen molar-refractivity contribution in [2.45, 2.75) is 12.3 Å². The Bertz CT molecular complexity index is 576. The summed E-state index contributed by atoms with van der Waals surface area (Å²) in [5, 5.41) is 21.4. The summed E-state index contributed by atoms with van der Waals surface area (Å²) in [4.78, 5) is 22.5. The van der Waals surface area contributed by atoms with Gasteiger partial charge in [-0.25, -0.2) is 10.9 Å². The molecule has 0 saturated carbocycles. The van der Waals surface area contributed by atoms with Crippen LogP contribution in [0.5, 0.6) is 5.75 Å². The second-order valence-electron chi connectivity index (χ2n) is 4.67. The van der Waals surface area contributed by atoms with Crippen LogP contribution in [0.2, 0.25) is 0 Å². The minimum atomic E-state index is -1.18. The molecule has 0 aliphatic carbocycles. The minimum absolute atomic E-state index is 0.0357. The molecule has 106 valence electrons. The van der Waals surface area contributed by atoms with Gasteiger partial charge in [-0.15, -0.1) is 0 Å². The van der Waals surface area contributed by atoms with E-state index in [0.29, 0.717) is 17.0 Å². The van der Waals surface area contributed by atoms with E-state index in [1.54, 1.807) is 18.2 Å². The van der Waals surface area contributed by atoms with Crippen LogP contribution in [0, 0.1) is 5.92 Å². The van der Waals surface area contributed by atoms with Crippen LogP contribution in [0.4, 0.5) is 5.69 Å². The number of carbonyl (C=O) groups excluding carboxylic acids is 1. The highest BCUT2D eigenvalue weighted by atomic mass is 16.5. The topological polar surface area (TPSA) is 120 Å². The van der Waals surface area contributed by atoms with Crippen LogP contribution in [0.25, 0.3) is 0 Å². The molecule has 2 heterocycles. The molecule has 1 amide bonds. The predicted octanol–water partition coefficient (Wildman–Crippen LogP) is -0.814. The van der Waals surface area contributed by atoms with Gasteiger partial charge < -0.3 is 20.3 Å². The van der Waals surface area contributed by atoms with E-state index < -0.39 is 24.2 Å². The molecule has 1 aromatic rings.